The summed E-state index contributed by atoms with van der Waals surface area (Å²) in [5.41, 5.74) is 3.53. The van der Waals surface area contributed by atoms with Gasteiger partial charge in [-0.1, -0.05) is 88.8 Å². The predicted molar refractivity (Wildman–Crippen MR) is 152 cm³/mol. The number of hydrogen-bond acceptors (Lipinski definition) is 6. The Balaban J connectivity index is 1.55. The van der Waals surface area contributed by atoms with E-state index in [1.54, 1.807) is 4.57 Å². The summed E-state index contributed by atoms with van der Waals surface area (Å²) >= 11 is 4.75. The normalized spacial score (nSPS) is 15.1. The lowest BCUT2D eigenvalue weighted by molar-refractivity contribution is -0.136. The molecule has 5 rings (SSSR count). The molecule has 192 valence electrons. The van der Waals surface area contributed by atoms with Crippen molar-refractivity contribution in [3.05, 3.63) is 131 Å². The fourth-order valence-corrected chi connectivity index (χ4v) is 5.69. The number of methoxy groups -OCH3 is 1. The van der Waals surface area contributed by atoms with Crippen LogP contribution >= 0.6 is 27.3 Å². The summed E-state index contributed by atoms with van der Waals surface area (Å²) in [4.78, 5) is 31.9. The maximum atomic E-state index is 13.7. The SMILES string of the molecule is CCC1=C(C(=O)OC)[C@@H](c2ccccc2)n2c(s/c(=C/c3cccc(OCc4ccc(Br)cc4)c3)c2=O)=N1. The molecule has 0 spiro atoms. The summed E-state index contributed by atoms with van der Waals surface area (Å²) in [7, 11) is 1.35. The third-order valence-corrected chi connectivity index (χ3v) is 7.75. The average molecular weight is 590 g/mol. The van der Waals surface area contributed by atoms with Crippen molar-refractivity contribution < 1.29 is 14.3 Å². The number of thiazole rings is 1. The van der Waals surface area contributed by atoms with Gasteiger partial charge >= 0.3 is 5.97 Å². The molecule has 8 heteroatoms. The Labute approximate surface area is 232 Å². The minimum absolute atomic E-state index is 0.208. The van der Waals surface area contributed by atoms with Crippen molar-refractivity contribution in [3.8, 4) is 5.75 Å². The van der Waals surface area contributed by atoms with Gasteiger partial charge in [-0.25, -0.2) is 9.79 Å². The second-order valence-corrected chi connectivity index (χ2v) is 10.6. The molecule has 1 atom stereocenters. The van der Waals surface area contributed by atoms with Crippen LogP contribution in [0.4, 0.5) is 0 Å². The lowest BCUT2D eigenvalue weighted by Gasteiger charge is -2.25. The van der Waals surface area contributed by atoms with Gasteiger partial charge in [0.25, 0.3) is 5.56 Å². The minimum Gasteiger partial charge on any atom is -0.489 e. The third-order valence-electron chi connectivity index (χ3n) is 6.24. The average Bonchev–Trinajstić information content (AvgIpc) is 3.26. The largest absolute Gasteiger partial charge is 0.489 e. The molecule has 0 saturated heterocycles. The number of hydrogen-bond donors (Lipinski definition) is 0. The highest BCUT2D eigenvalue weighted by Crippen LogP contribution is 2.31. The number of aromatic nitrogens is 1. The van der Waals surface area contributed by atoms with E-state index in [0.29, 0.717) is 39.4 Å². The fourth-order valence-electron chi connectivity index (χ4n) is 4.41. The molecule has 3 aromatic carbocycles. The molecule has 38 heavy (non-hydrogen) atoms. The Morgan fingerprint density at radius 3 is 2.55 bits per heavy atom. The summed E-state index contributed by atoms with van der Waals surface area (Å²) in [6, 6.07) is 24.5. The first-order valence-corrected chi connectivity index (χ1v) is 13.7. The molecule has 0 radical (unpaired) electrons. The van der Waals surface area contributed by atoms with E-state index >= 15 is 0 Å². The number of fused-ring (bicyclic) bond motifs is 1. The van der Waals surface area contributed by atoms with Crippen molar-refractivity contribution in [2.75, 3.05) is 7.11 Å². The molecular weight excluding hydrogens is 564 g/mol. The smallest absolute Gasteiger partial charge is 0.338 e. The number of rotatable bonds is 7. The van der Waals surface area contributed by atoms with Gasteiger partial charge < -0.3 is 9.47 Å². The Morgan fingerprint density at radius 1 is 1.08 bits per heavy atom. The molecule has 0 fully saturated rings. The van der Waals surface area contributed by atoms with Crippen LogP contribution in [0, 0.1) is 0 Å². The number of halogens is 1. The quantitative estimate of drug-likeness (QED) is 0.280. The number of benzene rings is 3. The summed E-state index contributed by atoms with van der Waals surface area (Å²) in [6.45, 7) is 2.38. The van der Waals surface area contributed by atoms with Crippen LogP contribution in [0.5, 0.6) is 5.75 Å². The lowest BCUT2D eigenvalue weighted by Crippen LogP contribution is -2.40. The molecule has 2 heterocycles. The molecule has 1 aliphatic rings. The molecule has 0 amide bonds. The van der Waals surface area contributed by atoms with Crippen LogP contribution in [0.25, 0.3) is 6.08 Å². The van der Waals surface area contributed by atoms with E-state index < -0.39 is 12.0 Å². The molecule has 6 nitrogen and oxygen atoms in total. The van der Waals surface area contributed by atoms with E-state index in [4.69, 9.17) is 14.5 Å². The molecule has 1 aromatic heterocycles. The van der Waals surface area contributed by atoms with Crippen molar-refractivity contribution >= 4 is 39.3 Å². The van der Waals surface area contributed by atoms with Crippen LogP contribution in [-0.2, 0) is 16.1 Å². The van der Waals surface area contributed by atoms with E-state index in [0.717, 1.165) is 21.2 Å². The number of allylic oxidation sites excluding steroid dienone is 1. The molecule has 0 N–H and O–H groups in total. The van der Waals surface area contributed by atoms with Crippen molar-refractivity contribution in [2.24, 2.45) is 4.99 Å². The zero-order chi connectivity index (χ0) is 26.6. The van der Waals surface area contributed by atoms with Crippen molar-refractivity contribution in [2.45, 2.75) is 26.0 Å². The highest BCUT2D eigenvalue weighted by Gasteiger charge is 2.33. The van der Waals surface area contributed by atoms with Crippen molar-refractivity contribution in [1.82, 2.24) is 4.57 Å². The number of carbonyl (C=O) groups is 1. The first kappa shape index (κ1) is 25.9. The maximum Gasteiger partial charge on any atom is 0.338 e. The number of nitrogens with zero attached hydrogens (tertiary/aromatic N) is 2. The van der Waals surface area contributed by atoms with Gasteiger partial charge in [-0.2, -0.15) is 0 Å². The van der Waals surface area contributed by atoms with E-state index in [1.807, 2.05) is 91.9 Å². The van der Waals surface area contributed by atoms with Crippen LogP contribution < -0.4 is 19.6 Å². The highest BCUT2D eigenvalue weighted by atomic mass is 79.9. The first-order valence-electron chi connectivity index (χ1n) is 12.1. The van der Waals surface area contributed by atoms with Gasteiger partial charge in [-0.15, -0.1) is 0 Å². The first-order chi connectivity index (χ1) is 18.5. The highest BCUT2D eigenvalue weighted by molar-refractivity contribution is 9.10. The second kappa shape index (κ2) is 11.3. The van der Waals surface area contributed by atoms with E-state index in [2.05, 4.69) is 15.9 Å². The molecule has 0 unspecified atom stereocenters. The Kier molecular flexibility index (Phi) is 7.72. The van der Waals surface area contributed by atoms with Gasteiger partial charge in [0.15, 0.2) is 4.80 Å². The molecule has 1 aliphatic heterocycles. The monoisotopic (exact) mass is 588 g/mol. The Morgan fingerprint density at radius 2 is 1.84 bits per heavy atom. The predicted octanol–water partition coefficient (Wildman–Crippen LogP) is 5.14. The number of carbonyl (C=O) groups excluding carboxylic acids is 1. The van der Waals surface area contributed by atoms with Gasteiger partial charge in [-0.3, -0.25) is 9.36 Å². The van der Waals surface area contributed by atoms with Crippen LogP contribution in [0.15, 0.2) is 104 Å². The van der Waals surface area contributed by atoms with Crippen LogP contribution in [0.3, 0.4) is 0 Å². The van der Waals surface area contributed by atoms with Gasteiger partial charge in [0.05, 0.1) is 29.0 Å². The van der Waals surface area contributed by atoms with Gasteiger partial charge in [-0.05, 0) is 53.5 Å². The Bertz CT molecular complexity index is 1690. The molecule has 0 saturated carbocycles. The van der Waals surface area contributed by atoms with Gasteiger partial charge in [0.1, 0.15) is 12.4 Å². The van der Waals surface area contributed by atoms with Gasteiger partial charge in [0.2, 0.25) is 0 Å². The van der Waals surface area contributed by atoms with E-state index in [-0.39, 0.29) is 5.56 Å². The summed E-state index contributed by atoms with van der Waals surface area (Å²) in [6.07, 6.45) is 2.38. The summed E-state index contributed by atoms with van der Waals surface area (Å²) < 4.78 is 14.2. The molecule has 0 aliphatic carbocycles. The van der Waals surface area contributed by atoms with E-state index in [9.17, 15) is 9.59 Å². The fraction of sp³-hybridized carbons (Fsp3) is 0.167. The summed E-state index contributed by atoms with van der Waals surface area (Å²) in [5.74, 6) is 0.224. The number of esters is 1. The van der Waals surface area contributed by atoms with Crippen LogP contribution in [0.1, 0.15) is 36.1 Å². The van der Waals surface area contributed by atoms with Crippen molar-refractivity contribution in [3.63, 3.8) is 0 Å². The van der Waals surface area contributed by atoms with Crippen LogP contribution in [0.2, 0.25) is 0 Å². The van der Waals surface area contributed by atoms with Gasteiger partial charge in [0, 0.05) is 4.47 Å². The molecular formula is C30H25BrN2O4S. The summed E-state index contributed by atoms with van der Waals surface area (Å²) in [5, 5.41) is 0. The zero-order valence-electron chi connectivity index (χ0n) is 20.9. The molecule has 4 aromatic rings. The Hall–Kier alpha value is -3.75. The van der Waals surface area contributed by atoms with E-state index in [1.165, 1.54) is 18.4 Å². The maximum absolute atomic E-state index is 13.7. The lowest BCUT2D eigenvalue weighted by atomic mass is 9.95. The standard InChI is InChI=1S/C30H25BrN2O4S/c1-3-24-26(29(35)36-2)27(21-9-5-4-6-10-21)33-28(34)25(38-30(33)32-24)17-20-8-7-11-23(16-20)37-18-19-12-14-22(31)15-13-19/h4-17,27H,3,18H2,1-2H3/b25-17+/t27-/m1/s1. The minimum atomic E-state index is -0.613. The third kappa shape index (κ3) is 5.28. The molecule has 0 bridgehead atoms. The number of ether oxygens (including phenoxy) is 2. The van der Waals surface area contributed by atoms with Crippen molar-refractivity contribution in [1.29, 1.82) is 0 Å². The topological polar surface area (TPSA) is 69.9 Å². The second-order valence-electron chi connectivity index (χ2n) is 8.69. The van der Waals surface area contributed by atoms with Crippen LogP contribution in [-0.4, -0.2) is 17.6 Å². The zero-order valence-corrected chi connectivity index (χ0v) is 23.3.